The normalized spacial score (nSPS) is 44.0. The minimum Gasteiger partial charge on any atom is -0.446 e. The van der Waals surface area contributed by atoms with Crippen LogP contribution in [0.4, 0.5) is 4.79 Å². The predicted octanol–water partition coefficient (Wildman–Crippen LogP) is 4.84. The average Bonchev–Trinajstić information content (AvgIpc) is 3.16. The van der Waals surface area contributed by atoms with E-state index in [1.807, 2.05) is 6.07 Å². The molecule has 0 bridgehead atoms. The van der Waals surface area contributed by atoms with Crippen LogP contribution >= 0.6 is 0 Å². The lowest BCUT2D eigenvalue weighted by Crippen LogP contribution is -2.62. The summed E-state index contributed by atoms with van der Waals surface area (Å²) in [6.45, 7) is 5.87. The number of fused-ring (bicyclic) bond motifs is 5. The van der Waals surface area contributed by atoms with E-state index in [1.165, 1.54) is 6.07 Å². The molecule has 2 N–H and O–H groups in total. The predicted molar refractivity (Wildman–Crippen MR) is 138 cm³/mol. The van der Waals surface area contributed by atoms with Gasteiger partial charge in [-0.2, -0.15) is 0 Å². The van der Waals surface area contributed by atoms with Gasteiger partial charge in [-0.3, -0.25) is 0 Å². The zero-order chi connectivity index (χ0) is 26.0. The quantitative estimate of drug-likeness (QED) is 0.587. The molecule has 2 heterocycles. The molecule has 7 nitrogen and oxygen atoms in total. The second-order valence-electron chi connectivity index (χ2n) is 13.4. The van der Waals surface area contributed by atoms with Crippen molar-refractivity contribution in [3.8, 4) is 0 Å². The first-order chi connectivity index (χ1) is 17.6. The molecule has 1 aliphatic heterocycles. The maximum Gasteiger partial charge on any atom is 0.410 e. The molecular weight excluding hydrogens is 470 g/mol. The summed E-state index contributed by atoms with van der Waals surface area (Å²) < 4.78 is 11.2. The fourth-order valence-electron chi connectivity index (χ4n) is 9.66. The number of aliphatic hydroxyl groups excluding tert-OH is 1. The SMILES string of the molecule is CC12CCC(OC(=O)N3CCC(O)CC3)CC1CCC1C2CCC2(C)C(c3ccc(=O)oc3)CCC12O. The van der Waals surface area contributed by atoms with E-state index in [9.17, 15) is 19.8 Å². The van der Waals surface area contributed by atoms with Crippen LogP contribution < -0.4 is 5.63 Å². The number of ether oxygens (including phenoxy) is 1. The van der Waals surface area contributed by atoms with Crippen LogP contribution in [0.1, 0.15) is 96.0 Å². The molecule has 204 valence electrons. The van der Waals surface area contributed by atoms with E-state index in [-0.39, 0.29) is 46.6 Å². The number of carbonyl (C=O) groups is 1. The molecule has 4 aliphatic carbocycles. The Morgan fingerprint density at radius 1 is 1.00 bits per heavy atom. The summed E-state index contributed by atoms with van der Waals surface area (Å²) in [6, 6.07) is 3.40. The first-order valence-electron chi connectivity index (χ1n) is 14.6. The van der Waals surface area contributed by atoms with Crippen LogP contribution in [0, 0.1) is 28.6 Å². The highest BCUT2D eigenvalue weighted by Gasteiger charge is 2.67. The zero-order valence-electron chi connectivity index (χ0n) is 22.4. The smallest absolute Gasteiger partial charge is 0.410 e. The first-order valence-corrected chi connectivity index (χ1v) is 14.6. The lowest BCUT2D eigenvalue weighted by molar-refractivity contribution is -0.205. The Morgan fingerprint density at radius 3 is 2.51 bits per heavy atom. The molecule has 5 fully saturated rings. The van der Waals surface area contributed by atoms with Crippen molar-refractivity contribution in [2.24, 2.45) is 28.6 Å². The molecule has 0 spiro atoms. The number of hydrogen-bond acceptors (Lipinski definition) is 6. The molecule has 0 radical (unpaired) electrons. The molecule has 0 aromatic carbocycles. The summed E-state index contributed by atoms with van der Waals surface area (Å²) in [5.41, 5.74) is -0.0377. The van der Waals surface area contributed by atoms with E-state index < -0.39 is 5.60 Å². The molecule has 1 saturated heterocycles. The van der Waals surface area contributed by atoms with Gasteiger partial charge in [0.25, 0.3) is 0 Å². The van der Waals surface area contributed by atoms with E-state index >= 15 is 0 Å². The van der Waals surface area contributed by atoms with E-state index in [2.05, 4.69) is 13.8 Å². The third-order valence-corrected chi connectivity index (χ3v) is 11.9. The highest BCUT2D eigenvalue weighted by atomic mass is 16.6. The molecule has 7 heteroatoms. The standard InChI is InChI=1S/C30H43NO6/c1-28-12-7-22(37-27(34)31-15-10-21(32)11-16-31)17-20(28)4-5-25-24(28)8-13-29(2)23(9-14-30(25,29)35)19-3-6-26(33)36-18-19/h3,6,18,20-25,32,35H,4-5,7-17H2,1-2H3. The first kappa shape index (κ1) is 25.4. The Kier molecular flexibility index (Phi) is 6.26. The number of hydrogen-bond donors (Lipinski definition) is 2. The minimum atomic E-state index is -0.702. The number of aliphatic hydroxyl groups is 2. The molecule has 4 saturated carbocycles. The summed E-state index contributed by atoms with van der Waals surface area (Å²) in [4.78, 5) is 26.1. The van der Waals surface area contributed by atoms with Crippen molar-refractivity contribution >= 4 is 6.09 Å². The van der Waals surface area contributed by atoms with Crippen molar-refractivity contribution in [3.63, 3.8) is 0 Å². The van der Waals surface area contributed by atoms with Crippen LogP contribution in [0.25, 0.3) is 0 Å². The van der Waals surface area contributed by atoms with Gasteiger partial charge in [0.1, 0.15) is 6.10 Å². The summed E-state index contributed by atoms with van der Waals surface area (Å²) in [6.07, 6.45) is 11.1. The van der Waals surface area contributed by atoms with Crippen molar-refractivity contribution in [1.82, 2.24) is 4.90 Å². The number of carbonyl (C=O) groups excluding carboxylic acids is 1. The molecule has 1 aromatic rings. The summed E-state index contributed by atoms with van der Waals surface area (Å²) in [5, 5.41) is 22.1. The number of amides is 1. The van der Waals surface area contributed by atoms with Gasteiger partial charge >= 0.3 is 11.7 Å². The van der Waals surface area contributed by atoms with Crippen molar-refractivity contribution in [2.75, 3.05) is 13.1 Å². The van der Waals surface area contributed by atoms with Gasteiger partial charge in [-0.1, -0.05) is 13.8 Å². The van der Waals surface area contributed by atoms with Crippen LogP contribution in [-0.4, -0.2) is 52.1 Å². The van der Waals surface area contributed by atoms with Gasteiger partial charge < -0.3 is 24.3 Å². The van der Waals surface area contributed by atoms with Crippen molar-refractivity contribution in [3.05, 3.63) is 34.4 Å². The Labute approximate surface area is 219 Å². The number of piperidine rings is 1. The lowest BCUT2D eigenvalue weighted by atomic mass is 9.43. The molecule has 37 heavy (non-hydrogen) atoms. The lowest BCUT2D eigenvalue weighted by Gasteiger charge is -2.63. The van der Waals surface area contributed by atoms with Gasteiger partial charge in [-0.15, -0.1) is 0 Å². The van der Waals surface area contributed by atoms with E-state index in [0.29, 0.717) is 37.8 Å². The van der Waals surface area contributed by atoms with E-state index in [1.54, 1.807) is 11.2 Å². The maximum absolute atomic E-state index is 12.8. The average molecular weight is 514 g/mol. The fourth-order valence-corrected chi connectivity index (χ4v) is 9.66. The van der Waals surface area contributed by atoms with E-state index in [0.717, 1.165) is 63.4 Å². The molecule has 5 aliphatic rings. The van der Waals surface area contributed by atoms with Crippen molar-refractivity contribution in [2.45, 2.75) is 108 Å². The topological polar surface area (TPSA) is 100 Å². The minimum absolute atomic E-state index is 0.0329. The summed E-state index contributed by atoms with van der Waals surface area (Å²) in [5.74, 6) is 1.49. The van der Waals surface area contributed by atoms with Gasteiger partial charge in [0.15, 0.2) is 0 Å². The van der Waals surface area contributed by atoms with Gasteiger partial charge in [0, 0.05) is 24.6 Å². The number of rotatable bonds is 2. The third kappa shape index (κ3) is 3.98. The van der Waals surface area contributed by atoms with Crippen LogP contribution in [0.15, 0.2) is 27.6 Å². The maximum atomic E-state index is 12.8. The molecule has 1 amide bonds. The zero-order valence-corrected chi connectivity index (χ0v) is 22.4. The van der Waals surface area contributed by atoms with Gasteiger partial charge in [0.2, 0.25) is 0 Å². The second-order valence-corrected chi connectivity index (χ2v) is 13.4. The van der Waals surface area contributed by atoms with Crippen LogP contribution in [0.2, 0.25) is 0 Å². The van der Waals surface area contributed by atoms with Crippen LogP contribution in [-0.2, 0) is 4.74 Å². The Hall–Kier alpha value is -1.86. The number of likely N-dealkylation sites (tertiary alicyclic amines) is 1. The Bertz CT molecular complexity index is 1060. The molecular formula is C30H43NO6. The van der Waals surface area contributed by atoms with Gasteiger partial charge in [-0.25, -0.2) is 9.59 Å². The van der Waals surface area contributed by atoms with Crippen LogP contribution in [0.5, 0.6) is 0 Å². The third-order valence-electron chi connectivity index (χ3n) is 11.9. The van der Waals surface area contributed by atoms with Crippen molar-refractivity contribution < 1.29 is 24.2 Å². The molecule has 8 atom stereocenters. The van der Waals surface area contributed by atoms with Crippen molar-refractivity contribution in [1.29, 1.82) is 0 Å². The highest BCUT2D eigenvalue weighted by molar-refractivity contribution is 5.68. The highest BCUT2D eigenvalue weighted by Crippen LogP contribution is 2.70. The number of nitrogens with zero attached hydrogens (tertiary/aromatic N) is 1. The molecule has 1 aromatic heterocycles. The fraction of sp³-hybridized carbons (Fsp3) is 0.800. The molecule has 6 rings (SSSR count). The Morgan fingerprint density at radius 2 is 1.78 bits per heavy atom. The molecule has 8 unspecified atom stereocenters. The monoisotopic (exact) mass is 513 g/mol. The van der Waals surface area contributed by atoms with Gasteiger partial charge in [-0.05, 0) is 111 Å². The van der Waals surface area contributed by atoms with Crippen LogP contribution in [0.3, 0.4) is 0 Å². The second kappa shape index (κ2) is 9.11. The van der Waals surface area contributed by atoms with Gasteiger partial charge in [0.05, 0.1) is 18.0 Å². The summed E-state index contributed by atoms with van der Waals surface area (Å²) >= 11 is 0. The van der Waals surface area contributed by atoms with E-state index in [4.69, 9.17) is 9.15 Å². The summed E-state index contributed by atoms with van der Waals surface area (Å²) in [7, 11) is 0. The largest absolute Gasteiger partial charge is 0.446 e. The Balaban J connectivity index is 1.15.